The van der Waals surface area contributed by atoms with E-state index >= 15 is 0 Å². The largest absolute Gasteiger partial charge is 0.433 e. The highest BCUT2D eigenvalue weighted by atomic mass is 19.4. The topological polar surface area (TPSA) is 43.4 Å². The number of rotatable bonds is 8. The van der Waals surface area contributed by atoms with Gasteiger partial charge in [-0.25, -0.2) is 4.98 Å². The second-order valence-electron chi connectivity index (χ2n) is 7.16. The van der Waals surface area contributed by atoms with Crippen molar-refractivity contribution in [1.82, 2.24) is 4.98 Å². The van der Waals surface area contributed by atoms with Crippen LogP contribution in [0, 0.1) is 5.41 Å². The SMILES string of the molecule is FC(F)(F)c1cccc(NCC2(CCOCc3ccccc3)CCOCC2)n1. The number of benzene rings is 1. The fourth-order valence-corrected chi connectivity index (χ4v) is 3.34. The van der Waals surface area contributed by atoms with Crippen LogP contribution in [-0.2, 0) is 22.3 Å². The van der Waals surface area contributed by atoms with Gasteiger partial charge in [-0.1, -0.05) is 36.4 Å². The van der Waals surface area contributed by atoms with Gasteiger partial charge < -0.3 is 14.8 Å². The summed E-state index contributed by atoms with van der Waals surface area (Å²) >= 11 is 0. The highest BCUT2D eigenvalue weighted by molar-refractivity contribution is 5.36. The molecule has 2 aromatic rings. The third-order valence-corrected chi connectivity index (χ3v) is 5.13. The molecule has 0 saturated carbocycles. The van der Waals surface area contributed by atoms with Crippen molar-refractivity contribution >= 4 is 5.82 Å². The van der Waals surface area contributed by atoms with E-state index in [9.17, 15) is 13.2 Å². The zero-order valence-corrected chi connectivity index (χ0v) is 15.7. The third-order valence-electron chi connectivity index (χ3n) is 5.13. The lowest BCUT2D eigenvalue weighted by atomic mass is 9.77. The lowest BCUT2D eigenvalue weighted by Gasteiger charge is -2.37. The summed E-state index contributed by atoms with van der Waals surface area (Å²) in [5.74, 6) is 0.242. The first-order chi connectivity index (χ1) is 13.5. The lowest BCUT2D eigenvalue weighted by Crippen LogP contribution is -2.37. The second-order valence-corrected chi connectivity index (χ2v) is 7.16. The Morgan fingerprint density at radius 2 is 1.79 bits per heavy atom. The summed E-state index contributed by atoms with van der Waals surface area (Å²) in [4.78, 5) is 3.70. The molecule has 0 atom stereocenters. The third kappa shape index (κ3) is 5.94. The van der Waals surface area contributed by atoms with Crippen LogP contribution in [0.1, 0.15) is 30.5 Å². The van der Waals surface area contributed by atoms with Gasteiger partial charge in [0.1, 0.15) is 11.5 Å². The summed E-state index contributed by atoms with van der Waals surface area (Å²) in [5, 5.41) is 3.10. The fourth-order valence-electron chi connectivity index (χ4n) is 3.34. The number of nitrogens with one attached hydrogen (secondary N) is 1. The fraction of sp³-hybridized carbons (Fsp3) is 0.476. The summed E-state index contributed by atoms with van der Waals surface area (Å²) in [6.45, 7) is 2.98. The number of anilines is 1. The molecule has 2 heterocycles. The van der Waals surface area contributed by atoms with Crippen molar-refractivity contribution in [2.75, 3.05) is 31.7 Å². The maximum atomic E-state index is 12.9. The molecule has 4 nitrogen and oxygen atoms in total. The van der Waals surface area contributed by atoms with Crippen molar-refractivity contribution in [2.45, 2.75) is 32.0 Å². The van der Waals surface area contributed by atoms with E-state index < -0.39 is 11.9 Å². The van der Waals surface area contributed by atoms with Crippen molar-refractivity contribution in [2.24, 2.45) is 5.41 Å². The van der Waals surface area contributed by atoms with Gasteiger partial charge in [0.05, 0.1) is 6.61 Å². The van der Waals surface area contributed by atoms with E-state index in [0.29, 0.717) is 33.0 Å². The summed E-state index contributed by atoms with van der Waals surface area (Å²) in [7, 11) is 0. The zero-order valence-electron chi connectivity index (χ0n) is 15.7. The number of alkyl halides is 3. The molecule has 0 aliphatic carbocycles. The van der Waals surface area contributed by atoms with Crippen LogP contribution in [-0.4, -0.2) is 31.3 Å². The monoisotopic (exact) mass is 394 g/mol. The van der Waals surface area contributed by atoms with Gasteiger partial charge in [-0.3, -0.25) is 0 Å². The highest BCUT2D eigenvalue weighted by Crippen LogP contribution is 2.35. The van der Waals surface area contributed by atoms with Crippen LogP contribution in [0.3, 0.4) is 0 Å². The smallest absolute Gasteiger partial charge is 0.381 e. The Kier molecular flexibility index (Phi) is 6.91. The van der Waals surface area contributed by atoms with Crippen LogP contribution in [0.15, 0.2) is 48.5 Å². The summed E-state index contributed by atoms with van der Waals surface area (Å²) in [5.41, 5.74) is 0.157. The molecule has 3 rings (SSSR count). The van der Waals surface area contributed by atoms with Crippen molar-refractivity contribution in [1.29, 1.82) is 0 Å². The average Bonchev–Trinajstić information content (AvgIpc) is 2.71. The predicted molar refractivity (Wildman–Crippen MR) is 101 cm³/mol. The van der Waals surface area contributed by atoms with Crippen LogP contribution >= 0.6 is 0 Å². The van der Waals surface area contributed by atoms with Gasteiger partial charge in [-0.05, 0) is 42.4 Å². The minimum absolute atomic E-state index is 0.0785. The molecule has 0 spiro atoms. The van der Waals surface area contributed by atoms with Crippen LogP contribution in [0.4, 0.5) is 19.0 Å². The molecule has 0 bridgehead atoms. The lowest BCUT2D eigenvalue weighted by molar-refractivity contribution is -0.141. The molecule has 1 aliphatic rings. The molecule has 152 valence electrons. The minimum atomic E-state index is -4.45. The molecule has 1 saturated heterocycles. The zero-order chi connectivity index (χ0) is 19.9. The van der Waals surface area contributed by atoms with E-state index in [1.807, 2.05) is 30.3 Å². The predicted octanol–water partition coefficient (Wildman–Crippen LogP) is 4.92. The Bertz CT molecular complexity index is 732. The number of pyridine rings is 1. The molecule has 1 aromatic carbocycles. The molecule has 1 N–H and O–H groups in total. The number of ether oxygens (including phenoxy) is 2. The van der Waals surface area contributed by atoms with Gasteiger partial charge in [-0.15, -0.1) is 0 Å². The Labute approximate surface area is 163 Å². The molecule has 7 heteroatoms. The van der Waals surface area contributed by atoms with Crippen LogP contribution in [0.25, 0.3) is 0 Å². The Balaban J connectivity index is 1.55. The van der Waals surface area contributed by atoms with E-state index in [2.05, 4.69) is 10.3 Å². The average molecular weight is 394 g/mol. The first-order valence-electron chi connectivity index (χ1n) is 9.44. The van der Waals surface area contributed by atoms with E-state index in [1.54, 1.807) is 6.07 Å². The maximum Gasteiger partial charge on any atom is 0.433 e. The molecule has 28 heavy (non-hydrogen) atoms. The van der Waals surface area contributed by atoms with Gasteiger partial charge in [0, 0.05) is 26.4 Å². The van der Waals surface area contributed by atoms with Crippen molar-refractivity contribution in [3.63, 3.8) is 0 Å². The van der Waals surface area contributed by atoms with E-state index in [1.165, 1.54) is 6.07 Å². The van der Waals surface area contributed by atoms with Crippen LogP contribution < -0.4 is 5.32 Å². The van der Waals surface area contributed by atoms with Gasteiger partial charge in [-0.2, -0.15) is 13.2 Å². The molecule has 1 fully saturated rings. The first kappa shape index (κ1) is 20.6. The molecule has 1 aliphatic heterocycles. The molecule has 1 aromatic heterocycles. The van der Waals surface area contributed by atoms with E-state index in [0.717, 1.165) is 30.9 Å². The van der Waals surface area contributed by atoms with Gasteiger partial charge in [0.15, 0.2) is 0 Å². The Hall–Kier alpha value is -2.12. The van der Waals surface area contributed by atoms with E-state index in [-0.39, 0.29) is 11.2 Å². The summed E-state index contributed by atoms with van der Waals surface area (Å²) < 4.78 is 49.9. The van der Waals surface area contributed by atoms with Crippen LogP contribution in [0.2, 0.25) is 0 Å². The Morgan fingerprint density at radius 3 is 2.50 bits per heavy atom. The van der Waals surface area contributed by atoms with Gasteiger partial charge in [0.2, 0.25) is 0 Å². The van der Waals surface area contributed by atoms with E-state index in [4.69, 9.17) is 9.47 Å². The second kappa shape index (κ2) is 9.39. The summed E-state index contributed by atoms with van der Waals surface area (Å²) in [6.07, 6.45) is -1.95. The van der Waals surface area contributed by atoms with Gasteiger partial charge in [0.25, 0.3) is 0 Å². The molecule has 0 unspecified atom stereocenters. The van der Waals surface area contributed by atoms with Crippen molar-refractivity contribution < 1.29 is 22.6 Å². The molecular weight excluding hydrogens is 369 g/mol. The molecule has 0 radical (unpaired) electrons. The first-order valence-corrected chi connectivity index (χ1v) is 9.44. The minimum Gasteiger partial charge on any atom is -0.381 e. The number of halogens is 3. The number of hydrogen-bond acceptors (Lipinski definition) is 4. The standard InChI is InChI=1S/C21H25F3N2O2/c22-21(23,24)18-7-4-8-19(26-18)25-16-20(9-12-27-13-10-20)11-14-28-15-17-5-2-1-3-6-17/h1-8H,9-16H2,(H,25,26). The summed E-state index contributed by atoms with van der Waals surface area (Å²) in [6, 6.07) is 13.9. The molecular formula is C21H25F3N2O2. The quantitative estimate of drug-likeness (QED) is 0.646. The van der Waals surface area contributed by atoms with Crippen LogP contribution in [0.5, 0.6) is 0 Å². The van der Waals surface area contributed by atoms with Gasteiger partial charge >= 0.3 is 6.18 Å². The number of nitrogens with zero attached hydrogens (tertiary/aromatic N) is 1. The normalized spacial score (nSPS) is 16.7. The number of aromatic nitrogens is 1. The van der Waals surface area contributed by atoms with Crippen molar-refractivity contribution in [3.8, 4) is 0 Å². The highest BCUT2D eigenvalue weighted by Gasteiger charge is 2.34. The Morgan fingerprint density at radius 1 is 1.04 bits per heavy atom. The number of hydrogen-bond donors (Lipinski definition) is 1. The van der Waals surface area contributed by atoms with Crippen molar-refractivity contribution in [3.05, 3.63) is 59.8 Å². The maximum absolute atomic E-state index is 12.9. The molecule has 0 amide bonds.